The molecule has 2 aromatic carbocycles. The molecule has 0 aliphatic heterocycles. The molecule has 1 N–H and O–H groups in total. The number of nitrogens with zero attached hydrogens (tertiary/aromatic N) is 3. The van der Waals surface area contributed by atoms with E-state index in [4.69, 9.17) is 4.74 Å². The molecule has 4 aromatic rings. The average molecular weight is 427 g/mol. The van der Waals surface area contributed by atoms with Crippen LogP contribution in [0.5, 0.6) is 5.75 Å². The van der Waals surface area contributed by atoms with Crippen molar-refractivity contribution in [3.63, 3.8) is 0 Å². The summed E-state index contributed by atoms with van der Waals surface area (Å²) in [5, 5.41) is 4.69. The molecule has 5 rings (SSSR count). The number of carbonyl (C=O) groups excluding carboxylic acids is 1. The summed E-state index contributed by atoms with van der Waals surface area (Å²) in [6, 6.07) is 16.4. The first-order valence-corrected chi connectivity index (χ1v) is 11.0. The van der Waals surface area contributed by atoms with E-state index >= 15 is 0 Å². The highest BCUT2D eigenvalue weighted by atomic mass is 16.5. The molecule has 0 spiro atoms. The predicted molar refractivity (Wildman–Crippen MR) is 121 cm³/mol. The van der Waals surface area contributed by atoms with Crippen molar-refractivity contribution < 1.29 is 9.53 Å². The summed E-state index contributed by atoms with van der Waals surface area (Å²) >= 11 is 0. The highest BCUT2D eigenvalue weighted by Crippen LogP contribution is 2.34. The fraction of sp³-hybridized carbons (Fsp3) is 0.269. The monoisotopic (exact) mass is 426 g/mol. The van der Waals surface area contributed by atoms with Gasteiger partial charge in [0.2, 0.25) is 0 Å². The second-order valence-corrected chi connectivity index (χ2v) is 8.41. The molecule has 32 heavy (non-hydrogen) atoms. The Morgan fingerprint density at radius 1 is 1.19 bits per heavy atom. The number of imidazole rings is 1. The van der Waals surface area contributed by atoms with E-state index in [1.807, 2.05) is 30.6 Å². The number of aromatic nitrogens is 4. The normalized spacial score (nSPS) is 16.3. The van der Waals surface area contributed by atoms with Crippen molar-refractivity contribution in [1.82, 2.24) is 19.7 Å². The maximum absolute atomic E-state index is 11.4. The fourth-order valence-corrected chi connectivity index (χ4v) is 4.74. The number of H-pyrrole nitrogens is 1. The SMILES string of the molecule is CC(=O)Oc1cccc2c1CCC(Cn1cc(C(c3ccccc3)c3ncc[nH]3)cn1)C2. The lowest BCUT2D eigenvalue weighted by Gasteiger charge is -2.26. The molecule has 162 valence electrons. The van der Waals surface area contributed by atoms with Gasteiger partial charge in [0, 0.05) is 37.6 Å². The quantitative estimate of drug-likeness (QED) is 0.364. The average Bonchev–Trinajstić information content (AvgIpc) is 3.48. The third-order valence-corrected chi connectivity index (χ3v) is 6.15. The van der Waals surface area contributed by atoms with Gasteiger partial charge in [0.15, 0.2) is 0 Å². The summed E-state index contributed by atoms with van der Waals surface area (Å²) in [4.78, 5) is 19.2. The van der Waals surface area contributed by atoms with Crippen LogP contribution in [0.15, 0.2) is 73.3 Å². The van der Waals surface area contributed by atoms with Crippen LogP contribution < -0.4 is 4.74 Å². The van der Waals surface area contributed by atoms with Crippen LogP contribution in [0.3, 0.4) is 0 Å². The van der Waals surface area contributed by atoms with Crippen LogP contribution >= 0.6 is 0 Å². The Hall–Kier alpha value is -3.67. The minimum atomic E-state index is -0.269. The van der Waals surface area contributed by atoms with Crippen molar-refractivity contribution in [3.8, 4) is 5.75 Å². The zero-order chi connectivity index (χ0) is 21.9. The van der Waals surface area contributed by atoms with Crippen LogP contribution in [0, 0.1) is 5.92 Å². The zero-order valence-electron chi connectivity index (χ0n) is 18.1. The first-order valence-electron chi connectivity index (χ1n) is 11.0. The number of benzene rings is 2. The molecular weight excluding hydrogens is 400 g/mol. The van der Waals surface area contributed by atoms with Crippen LogP contribution in [-0.2, 0) is 24.2 Å². The van der Waals surface area contributed by atoms with Crippen LogP contribution in [0.1, 0.15) is 47.3 Å². The standard InChI is InChI=1S/C26H26N4O2/c1-18(31)32-24-9-5-8-21-14-19(10-11-23(21)24)16-30-17-22(15-29-30)25(26-27-12-13-28-26)20-6-3-2-4-7-20/h2-9,12-13,15,17,19,25H,10-11,14,16H2,1H3,(H,27,28). The van der Waals surface area contributed by atoms with Gasteiger partial charge in [-0.25, -0.2) is 4.98 Å². The molecule has 6 nitrogen and oxygen atoms in total. The zero-order valence-corrected chi connectivity index (χ0v) is 18.1. The molecule has 0 saturated heterocycles. The Morgan fingerprint density at radius 2 is 2.06 bits per heavy atom. The maximum Gasteiger partial charge on any atom is 0.308 e. The molecule has 1 aliphatic rings. The highest BCUT2D eigenvalue weighted by molar-refractivity contribution is 5.70. The number of ether oxygens (including phenoxy) is 1. The molecule has 0 bridgehead atoms. The van der Waals surface area contributed by atoms with E-state index in [0.717, 1.165) is 37.2 Å². The lowest BCUT2D eigenvalue weighted by Crippen LogP contribution is -2.20. The molecular formula is C26H26N4O2. The summed E-state index contributed by atoms with van der Waals surface area (Å²) < 4.78 is 7.46. The number of rotatable bonds is 6. The van der Waals surface area contributed by atoms with E-state index in [1.54, 1.807) is 6.20 Å². The molecule has 2 unspecified atom stereocenters. The summed E-state index contributed by atoms with van der Waals surface area (Å²) in [5.74, 6) is 1.87. The Morgan fingerprint density at radius 3 is 2.84 bits per heavy atom. The van der Waals surface area contributed by atoms with Crippen LogP contribution in [0.25, 0.3) is 0 Å². The van der Waals surface area contributed by atoms with Crippen molar-refractivity contribution in [2.24, 2.45) is 5.92 Å². The molecule has 1 aliphatic carbocycles. The molecule has 0 radical (unpaired) electrons. The van der Waals surface area contributed by atoms with E-state index in [-0.39, 0.29) is 11.9 Å². The van der Waals surface area contributed by atoms with Gasteiger partial charge < -0.3 is 9.72 Å². The van der Waals surface area contributed by atoms with E-state index in [1.165, 1.54) is 23.6 Å². The van der Waals surface area contributed by atoms with Gasteiger partial charge in [-0.3, -0.25) is 9.48 Å². The highest BCUT2D eigenvalue weighted by Gasteiger charge is 2.24. The predicted octanol–water partition coefficient (Wildman–Crippen LogP) is 4.52. The molecule has 2 aromatic heterocycles. The summed E-state index contributed by atoms with van der Waals surface area (Å²) in [7, 11) is 0. The van der Waals surface area contributed by atoms with Gasteiger partial charge >= 0.3 is 5.97 Å². The minimum Gasteiger partial charge on any atom is -0.426 e. The summed E-state index contributed by atoms with van der Waals surface area (Å²) in [6.07, 6.45) is 10.7. The number of aromatic amines is 1. The Kier molecular flexibility index (Phi) is 5.58. The van der Waals surface area contributed by atoms with Crippen molar-refractivity contribution >= 4 is 5.97 Å². The van der Waals surface area contributed by atoms with Crippen LogP contribution in [0.4, 0.5) is 0 Å². The number of nitrogens with one attached hydrogen (secondary N) is 1. The Balaban J connectivity index is 1.34. The van der Waals surface area contributed by atoms with Gasteiger partial charge in [-0.15, -0.1) is 0 Å². The number of carbonyl (C=O) groups is 1. The van der Waals surface area contributed by atoms with E-state index < -0.39 is 0 Å². The third-order valence-electron chi connectivity index (χ3n) is 6.15. The van der Waals surface area contributed by atoms with Gasteiger partial charge in [0.25, 0.3) is 0 Å². The van der Waals surface area contributed by atoms with Gasteiger partial charge in [0.1, 0.15) is 11.6 Å². The van der Waals surface area contributed by atoms with Crippen LogP contribution in [0.2, 0.25) is 0 Å². The minimum absolute atomic E-state index is 0.0262. The largest absolute Gasteiger partial charge is 0.426 e. The number of fused-ring (bicyclic) bond motifs is 1. The molecule has 6 heteroatoms. The first-order chi connectivity index (χ1) is 15.7. The van der Waals surface area contributed by atoms with Crippen molar-refractivity contribution in [1.29, 1.82) is 0 Å². The van der Waals surface area contributed by atoms with E-state index in [2.05, 4.69) is 56.3 Å². The third kappa shape index (κ3) is 4.21. The Bertz CT molecular complexity index is 1200. The summed E-state index contributed by atoms with van der Waals surface area (Å²) in [6.45, 7) is 2.31. The van der Waals surface area contributed by atoms with Crippen molar-refractivity contribution in [3.05, 3.63) is 101 Å². The fourth-order valence-electron chi connectivity index (χ4n) is 4.74. The summed E-state index contributed by atoms with van der Waals surface area (Å²) in [5.41, 5.74) is 4.75. The van der Waals surface area contributed by atoms with Gasteiger partial charge in [-0.05, 0) is 47.9 Å². The number of hydrogen-bond donors (Lipinski definition) is 1. The second-order valence-electron chi connectivity index (χ2n) is 8.41. The molecule has 0 fully saturated rings. The second kappa shape index (κ2) is 8.83. The molecule has 0 saturated carbocycles. The van der Waals surface area contributed by atoms with E-state index in [0.29, 0.717) is 11.7 Å². The molecule has 2 atom stereocenters. The van der Waals surface area contributed by atoms with Gasteiger partial charge in [-0.2, -0.15) is 5.10 Å². The number of hydrogen-bond acceptors (Lipinski definition) is 4. The van der Waals surface area contributed by atoms with Gasteiger partial charge in [-0.1, -0.05) is 42.5 Å². The van der Waals surface area contributed by atoms with Crippen LogP contribution in [-0.4, -0.2) is 25.7 Å². The lowest BCUT2D eigenvalue weighted by atomic mass is 9.83. The smallest absolute Gasteiger partial charge is 0.308 e. The van der Waals surface area contributed by atoms with E-state index in [9.17, 15) is 4.79 Å². The first kappa shape index (κ1) is 20.2. The van der Waals surface area contributed by atoms with Gasteiger partial charge in [0.05, 0.1) is 12.1 Å². The maximum atomic E-state index is 11.4. The number of esters is 1. The molecule has 2 heterocycles. The topological polar surface area (TPSA) is 72.8 Å². The Labute approximate surface area is 187 Å². The molecule has 0 amide bonds. The lowest BCUT2D eigenvalue weighted by molar-refractivity contribution is -0.131. The van der Waals surface area contributed by atoms with Crippen molar-refractivity contribution in [2.75, 3.05) is 0 Å². The van der Waals surface area contributed by atoms with Crippen molar-refractivity contribution in [2.45, 2.75) is 38.6 Å².